The van der Waals surface area contributed by atoms with Crippen LogP contribution in [0.4, 0.5) is 0 Å². The summed E-state index contributed by atoms with van der Waals surface area (Å²) in [4.78, 5) is 26.9. The predicted octanol–water partition coefficient (Wildman–Crippen LogP) is 0.850. The molecule has 2 amide bonds. The molecule has 8 heteroatoms. The van der Waals surface area contributed by atoms with Crippen molar-refractivity contribution in [1.82, 2.24) is 25.2 Å². The lowest BCUT2D eigenvalue weighted by Gasteiger charge is -2.29. The van der Waals surface area contributed by atoms with Gasteiger partial charge in [0.25, 0.3) is 0 Å². The zero-order valence-electron chi connectivity index (χ0n) is 15.7. The number of rotatable bonds is 5. The third-order valence-electron chi connectivity index (χ3n) is 4.86. The maximum atomic E-state index is 13.3. The highest BCUT2D eigenvalue weighted by Gasteiger charge is 2.42. The van der Waals surface area contributed by atoms with Crippen LogP contribution in [0, 0.1) is 5.92 Å². The van der Waals surface area contributed by atoms with Crippen LogP contribution in [0.2, 0.25) is 0 Å². The second-order valence-electron chi connectivity index (χ2n) is 7.15. The Morgan fingerprint density at radius 3 is 2.59 bits per heavy atom. The van der Waals surface area contributed by atoms with E-state index in [1.807, 2.05) is 44.2 Å². The molecule has 8 nitrogen and oxygen atoms in total. The SMILES string of the molecule is CNC(=O)[C@H]1CC(O)CN1C(=O)C(C(C)C)n1cc(-c2ccccc2)nn1. The molecule has 1 fully saturated rings. The predicted molar refractivity (Wildman–Crippen MR) is 99.5 cm³/mol. The van der Waals surface area contributed by atoms with E-state index in [9.17, 15) is 14.7 Å². The molecule has 3 rings (SSSR count). The molecule has 1 saturated heterocycles. The van der Waals surface area contributed by atoms with Crippen LogP contribution < -0.4 is 5.32 Å². The maximum absolute atomic E-state index is 13.3. The van der Waals surface area contributed by atoms with Crippen LogP contribution >= 0.6 is 0 Å². The fourth-order valence-electron chi connectivity index (χ4n) is 3.50. The van der Waals surface area contributed by atoms with Gasteiger partial charge in [-0.25, -0.2) is 4.68 Å². The van der Waals surface area contributed by atoms with Crippen LogP contribution in [0.5, 0.6) is 0 Å². The van der Waals surface area contributed by atoms with Gasteiger partial charge in [-0.3, -0.25) is 9.59 Å². The van der Waals surface area contributed by atoms with E-state index in [0.717, 1.165) is 5.56 Å². The van der Waals surface area contributed by atoms with Gasteiger partial charge < -0.3 is 15.3 Å². The molecule has 2 heterocycles. The third kappa shape index (κ3) is 3.85. The van der Waals surface area contributed by atoms with Gasteiger partial charge in [0.15, 0.2) is 0 Å². The standard InChI is InChI=1S/C19H25N5O3/c1-12(2)17(19(27)23-10-14(25)9-16(23)18(26)20-3)24-11-15(21-22-24)13-7-5-4-6-8-13/h4-8,11-12,14,16-17,25H,9-10H2,1-3H3,(H,20,26)/t14?,16-,17?/m1/s1. The average Bonchev–Trinajstić information content (AvgIpc) is 3.28. The van der Waals surface area contributed by atoms with Crippen LogP contribution in [-0.4, -0.2) is 62.6 Å². The highest BCUT2D eigenvalue weighted by atomic mass is 16.3. The number of aliphatic hydroxyl groups is 1. The van der Waals surface area contributed by atoms with Crippen molar-refractivity contribution in [2.45, 2.75) is 38.5 Å². The van der Waals surface area contributed by atoms with Crippen LogP contribution in [-0.2, 0) is 9.59 Å². The highest BCUT2D eigenvalue weighted by molar-refractivity contribution is 5.90. The Hall–Kier alpha value is -2.74. The first kappa shape index (κ1) is 19.0. The molecule has 1 aliphatic rings. The zero-order valence-corrected chi connectivity index (χ0v) is 15.7. The van der Waals surface area contributed by atoms with Gasteiger partial charge in [-0.15, -0.1) is 5.10 Å². The number of nitrogens with zero attached hydrogens (tertiary/aromatic N) is 4. The number of likely N-dealkylation sites (tertiary alicyclic amines) is 1. The maximum Gasteiger partial charge on any atom is 0.248 e. The Kier molecular flexibility index (Phi) is 5.55. The Bertz CT molecular complexity index is 805. The first-order valence-corrected chi connectivity index (χ1v) is 9.09. The number of carbonyl (C=O) groups excluding carboxylic acids is 2. The van der Waals surface area contributed by atoms with Crippen molar-refractivity contribution in [2.24, 2.45) is 5.92 Å². The molecular weight excluding hydrogens is 346 g/mol. The number of nitrogens with one attached hydrogen (secondary N) is 1. The molecule has 3 atom stereocenters. The number of aromatic nitrogens is 3. The van der Waals surface area contributed by atoms with Gasteiger partial charge in [0.1, 0.15) is 17.8 Å². The summed E-state index contributed by atoms with van der Waals surface area (Å²) in [5.41, 5.74) is 1.59. The van der Waals surface area contributed by atoms with Gasteiger partial charge in [0.05, 0.1) is 12.3 Å². The lowest BCUT2D eigenvalue weighted by atomic mass is 10.0. The largest absolute Gasteiger partial charge is 0.391 e. The van der Waals surface area contributed by atoms with Crippen LogP contribution in [0.1, 0.15) is 26.3 Å². The van der Waals surface area contributed by atoms with E-state index in [2.05, 4.69) is 15.6 Å². The van der Waals surface area contributed by atoms with E-state index in [1.54, 1.807) is 10.9 Å². The van der Waals surface area contributed by atoms with Crippen molar-refractivity contribution >= 4 is 11.8 Å². The number of carbonyl (C=O) groups is 2. The van der Waals surface area contributed by atoms with E-state index in [1.165, 1.54) is 11.9 Å². The molecule has 0 aliphatic carbocycles. The van der Waals surface area contributed by atoms with Crippen molar-refractivity contribution in [1.29, 1.82) is 0 Å². The quantitative estimate of drug-likeness (QED) is 0.812. The molecule has 0 saturated carbocycles. The van der Waals surface area contributed by atoms with Gasteiger partial charge in [0, 0.05) is 25.6 Å². The summed E-state index contributed by atoms with van der Waals surface area (Å²) in [6, 6.07) is 8.34. The Labute approximate surface area is 158 Å². The minimum absolute atomic E-state index is 0.0640. The molecule has 2 N–H and O–H groups in total. The normalized spacial score (nSPS) is 20.7. The molecule has 0 bridgehead atoms. The smallest absolute Gasteiger partial charge is 0.248 e. The number of hydrogen-bond donors (Lipinski definition) is 2. The summed E-state index contributed by atoms with van der Waals surface area (Å²) in [6.07, 6.45) is 1.28. The lowest BCUT2D eigenvalue weighted by molar-refractivity contribution is -0.142. The van der Waals surface area contributed by atoms with Crippen molar-refractivity contribution in [2.75, 3.05) is 13.6 Å². The van der Waals surface area contributed by atoms with Crippen molar-refractivity contribution in [3.63, 3.8) is 0 Å². The number of β-amino-alcohol motifs (C(OH)–C–C–N with tert-alkyl or cyclic N) is 1. The van der Waals surface area contributed by atoms with E-state index in [4.69, 9.17) is 0 Å². The summed E-state index contributed by atoms with van der Waals surface area (Å²) in [5.74, 6) is -0.573. The minimum atomic E-state index is -0.709. The lowest BCUT2D eigenvalue weighted by Crippen LogP contribution is -2.48. The summed E-state index contributed by atoms with van der Waals surface area (Å²) < 4.78 is 1.56. The zero-order chi connectivity index (χ0) is 19.6. The molecule has 0 radical (unpaired) electrons. The topological polar surface area (TPSA) is 100 Å². The van der Waals surface area contributed by atoms with Crippen molar-refractivity contribution < 1.29 is 14.7 Å². The molecule has 2 aromatic rings. The van der Waals surface area contributed by atoms with Crippen LogP contribution in [0.25, 0.3) is 11.3 Å². The number of hydrogen-bond acceptors (Lipinski definition) is 5. The van der Waals surface area contributed by atoms with E-state index >= 15 is 0 Å². The number of benzene rings is 1. The van der Waals surface area contributed by atoms with Gasteiger partial charge in [0.2, 0.25) is 11.8 Å². The first-order valence-electron chi connectivity index (χ1n) is 9.09. The molecule has 1 aliphatic heterocycles. The fourth-order valence-corrected chi connectivity index (χ4v) is 3.50. The van der Waals surface area contributed by atoms with Crippen molar-refractivity contribution in [3.8, 4) is 11.3 Å². The molecule has 1 aromatic carbocycles. The van der Waals surface area contributed by atoms with Crippen LogP contribution in [0.3, 0.4) is 0 Å². The molecule has 27 heavy (non-hydrogen) atoms. The third-order valence-corrected chi connectivity index (χ3v) is 4.86. The van der Waals surface area contributed by atoms with Gasteiger partial charge in [-0.2, -0.15) is 0 Å². The summed E-state index contributed by atoms with van der Waals surface area (Å²) in [6.45, 7) is 3.99. The van der Waals surface area contributed by atoms with E-state index in [-0.39, 0.29) is 30.7 Å². The summed E-state index contributed by atoms with van der Waals surface area (Å²) in [7, 11) is 1.53. The number of aliphatic hydroxyl groups excluding tert-OH is 1. The second-order valence-corrected chi connectivity index (χ2v) is 7.15. The first-order chi connectivity index (χ1) is 12.9. The average molecular weight is 371 g/mol. The second kappa shape index (κ2) is 7.87. The van der Waals surface area contributed by atoms with Gasteiger partial charge >= 0.3 is 0 Å². The van der Waals surface area contributed by atoms with Gasteiger partial charge in [-0.1, -0.05) is 49.4 Å². The molecule has 144 valence electrons. The van der Waals surface area contributed by atoms with Crippen molar-refractivity contribution in [3.05, 3.63) is 36.5 Å². The number of likely N-dealkylation sites (N-methyl/N-ethyl adjacent to an activating group) is 1. The minimum Gasteiger partial charge on any atom is -0.391 e. The van der Waals surface area contributed by atoms with E-state index in [0.29, 0.717) is 5.69 Å². The highest BCUT2D eigenvalue weighted by Crippen LogP contribution is 2.27. The molecule has 0 spiro atoms. The molecule has 2 unspecified atom stereocenters. The number of amides is 2. The Balaban J connectivity index is 1.88. The van der Waals surface area contributed by atoms with Gasteiger partial charge in [-0.05, 0) is 5.92 Å². The van der Waals surface area contributed by atoms with Crippen LogP contribution in [0.15, 0.2) is 36.5 Å². The molecular formula is C19H25N5O3. The van der Waals surface area contributed by atoms with E-state index < -0.39 is 18.2 Å². The summed E-state index contributed by atoms with van der Waals surface area (Å²) >= 11 is 0. The Morgan fingerprint density at radius 2 is 1.96 bits per heavy atom. The molecule has 1 aromatic heterocycles. The Morgan fingerprint density at radius 1 is 1.26 bits per heavy atom. The fraction of sp³-hybridized carbons (Fsp3) is 0.474. The summed E-state index contributed by atoms with van der Waals surface area (Å²) in [5, 5.41) is 20.9. The monoisotopic (exact) mass is 371 g/mol.